The molecule has 0 bridgehead atoms. The van der Waals surface area contributed by atoms with Gasteiger partial charge in [0.15, 0.2) is 0 Å². The molecule has 3 heterocycles. The topological polar surface area (TPSA) is 148 Å². The molecule has 4 aromatic rings. The Morgan fingerprint density at radius 3 is 2.50 bits per heavy atom. The monoisotopic (exact) mass is 519 g/mol. The molecule has 0 unspecified atom stereocenters. The predicted molar refractivity (Wildman–Crippen MR) is 116 cm³/mol. The van der Waals surface area contributed by atoms with Crippen LogP contribution in [-0.2, 0) is 22.6 Å². The van der Waals surface area contributed by atoms with Gasteiger partial charge in [0, 0.05) is 18.9 Å². The van der Waals surface area contributed by atoms with Crippen LogP contribution in [0.25, 0.3) is 16.7 Å². The molecular weight excluding hydrogens is 503 g/mol. The number of sulfone groups is 1. The Morgan fingerprint density at radius 1 is 1.12 bits per heavy atom. The Labute approximate surface area is 195 Å². The molecule has 1 aromatic carbocycles. The van der Waals surface area contributed by atoms with Crippen molar-refractivity contribution in [1.82, 2.24) is 34.3 Å². The zero-order valence-electron chi connectivity index (χ0n) is 17.1. The van der Waals surface area contributed by atoms with Crippen LogP contribution in [0.15, 0.2) is 51.9 Å². The summed E-state index contributed by atoms with van der Waals surface area (Å²) in [6, 6.07) is 1.90. The van der Waals surface area contributed by atoms with Crippen molar-refractivity contribution >= 4 is 33.3 Å². The summed E-state index contributed by atoms with van der Waals surface area (Å²) in [5.74, 6) is -0.295. The van der Waals surface area contributed by atoms with Crippen LogP contribution >= 0.6 is 12.4 Å². The Bertz CT molecular complexity index is 1510. The lowest BCUT2D eigenvalue weighted by Gasteiger charge is -2.17. The second kappa shape index (κ2) is 9.42. The van der Waals surface area contributed by atoms with Crippen LogP contribution in [0.5, 0.6) is 0 Å². The number of H-pyrrole nitrogens is 2. The number of nitrogens with one attached hydrogen (secondary N) is 2. The maximum Gasteiger partial charge on any atom is 0.418 e. The van der Waals surface area contributed by atoms with Gasteiger partial charge in [0.25, 0.3) is 0 Å². The first kappa shape index (κ1) is 25.2. The normalized spacial score (nSPS) is 12.1. The smallest absolute Gasteiger partial charge is 0.316 e. The summed E-state index contributed by atoms with van der Waals surface area (Å²) >= 11 is 0. The van der Waals surface area contributed by atoms with Gasteiger partial charge >= 0.3 is 17.3 Å². The van der Waals surface area contributed by atoms with Crippen LogP contribution in [0.3, 0.4) is 0 Å². The van der Waals surface area contributed by atoms with Crippen LogP contribution in [0, 0.1) is 0 Å². The number of hydrogen-bond donors (Lipinski definition) is 2. The minimum Gasteiger partial charge on any atom is -0.316 e. The number of rotatable bonds is 7. The first-order chi connectivity index (χ1) is 15.6. The van der Waals surface area contributed by atoms with Crippen LogP contribution in [0.2, 0.25) is 0 Å². The van der Waals surface area contributed by atoms with Crippen molar-refractivity contribution in [2.24, 2.45) is 0 Å². The van der Waals surface area contributed by atoms with Gasteiger partial charge < -0.3 is 14.1 Å². The van der Waals surface area contributed by atoms with E-state index in [4.69, 9.17) is 0 Å². The predicted octanol–water partition coefficient (Wildman–Crippen LogP) is 1.69. The Morgan fingerprint density at radius 2 is 1.88 bits per heavy atom. The first-order valence-electron chi connectivity index (χ1n) is 9.52. The number of benzene rings is 1. The average molecular weight is 520 g/mol. The van der Waals surface area contributed by atoms with Crippen molar-refractivity contribution in [3.63, 3.8) is 0 Å². The highest BCUT2D eigenvalue weighted by molar-refractivity contribution is 7.91. The summed E-state index contributed by atoms with van der Waals surface area (Å²) in [5, 5.41) is 5.47. The van der Waals surface area contributed by atoms with Gasteiger partial charge in [-0.05, 0) is 25.0 Å². The second-order valence-corrected chi connectivity index (χ2v) is 9.11. The number of aryl methyl sites for hydroxylation is 1. The number of nitrogens with zero attached hydrogens (tertiary/aromatic N) is 5. The van der Waals surface area contributed by atoms with Gasteiger partial charge in [0.1, 0.15) is 6.33 Å². The quantitative estimate of drug-likeness (QED) is 0.279. The van der Waals surface area contributed by atoms with E-state index in [9.17, 15) is 31.2 Å². The van der Waals surface area contributed by atoms with E-state index in [1.165, 1.54) is 18.7 Å². The Kier molecular flexibility index (Phi) is 6.97. The number of hydrogen-bond acceptors (Lipinski definition) is 7. The molecule has 0 saturated carbocycles. The third kappa shape index (κ3) is 4.89. The van der Waals surface area contributed by atoms with Gasteiger partial charge in [-0.2, -0.15) is 18.3 Å². The van der Waals surface area contributed by atoms with E-state index in [0.29, 0.717) is 0 Å². The number of fused-ring (bicyclic) bond motifs is 1. The SMILES string of the molecule is Cl.O=c1[nH]c2cc(C(F)(F)F)c(-n3ccnc3)cc2n(CCCCS(=O)(=O)c2ncn[nH]2)c1=O. The molecule has 0 aliphatic heterocycles. The zero-order chi connectivity index (χ0) is 23.8. The zero-order valence-corrected chi connectivity index (χ0v) is 18.7. The summed E-state index contributed by atoms with van der Waals surface area (Å²) in [6.07, 6.45) is 0.395. The summed E-state index contributed by atoms with van der Waals surface area (Å²) < 4.78 is 67.5. The van der Waals surface area contributed by atoms with E-state index >= 15 is 0 Å². The summed E-state index contributed by atoms with van der Waals surface area (Å²) in [4.78, 5) is 34.1. The third-order valence-electron chi connectivity index (χ3n) is 4.91. The lowest BCUT2D eigenvalue weighted by molar-refractivity contribution is -0.137. The van der Waals surface area contributed by atoms with Crippen molar-refractivity contribution in [1.29, 1.82) is 0 Å². The molecule has 0 saturated heterocycles. The lowest BCUT2D eigenvalue weighted by Crippen LogP contribution is -2.36. The van der Waals surface area contributed by atoms with Crippen molar-refractivity contribution < 1.29 is 21.6 Å². The minimum absolute atomic E-state index is 0. The van der Waals surface area contributed by atoms with Crippen LogP contribution in [0.1, 0.15) is 18.4 Å². The molecule has 0 spiro atoms. The van der Waals surface area contributed by atoms with Gasteiger partial charge in [-0.3, -0.25) is 14.7 Å². The number of imidazole rings is 1. The largest absolute Gasteiger partial charge is 0.418 e. The van der Waals surface area contributed by atoms with Crippen molar-refractivity contribution in [3.05, 3.63) is 63.5 Å². The maximum atomic E-state index is 13.7. The number of unbranched alkanes of at least 4 members (excludes halogenated alkanes) is 1. The van der Waals surface area contributed by atoms with E-state index < -0.39 is 32.7 Å². The van der Waals surface area contributed by atoms with Gasteiger partial charge in [-0.25, -0.2) is 18.4 Å². The summed E-state index contributed by atoms with van der Waals surface area (Å²) in [7, 11) is -3.71. The van der Waals surface area contributed by atoms with Crippen molar-refractivity contribution in [2.75, 3.05) is 5.75 Å². The molecule has 0 aliphatic rings. The number of alkyl halides is 3. The molecule has 11 nitrogen and oxygen atoms in total. The van der Waals surface area contributed by atoms with E-state index in [0.717, 1.165) is 27.6 Å². The minimum atomic E-state index is -4.74. The van der Waals surface area contributed by atoms with Crippen LogP contribution < -0.4 is 11.1 Å². The van der Waals surface area contributed by atoms with Crippen molar-refractivity contribution in [2.45, 2.75) is 30.7 Å². The number of aromatic nitrogens is 7. The molecule has 2 N–H and O–H groups in total. The molecular formula is C18H17ClF3N7O4S. The fourth-order valence-electron chi connectivity index (χ4n) is 3.38. The van der Waals surface area contributed by atoms with Gasteiger partial charge in [-0.15, -0.1) is 12.4 Å². The molecule has 4 rings (SSSR count). The Balaban J connectivity index is 0.00000324. The molecule has 3 aromatic heterocycles. The van der Waals surface area contributed by atoms with E-state index in [1.54, 1.807) is 0 Å². The fraction of sp³-hybridized carbons (Fsp3) is 0.278. The van der Waals surface area contributed by atoms with Crippen LogP contribution in [0.4, 0.5) is 13.2 Å². The third-order valence-corrected chi connectivity index (χ3v) is 6.52. The van der Waals surface area contributed by atoms with Crippen molar-refractivity contribution in [3.8, 4) is 5.69 Å². The molecule has 182 valence electrons. The summed E-state index contributed by atoms with van der Waals surface area (Å²) in [6.45, 7) is -0.0834. The second-order valence-electron chi connectivity index (χ2n) is 7.08. The lowest BCUT2D eigenvalue weighted by atomic mass is 10.1. The molecule has 16 heteroatoms. The van der Waals surface area contributed by atoms with Gasteiger partial charge in [-0.1, -0.05) is 0 Å². The molecule has 34 heavy (non-hydrogen) atoms. The molecule has 0 amide bonds. The van der Waals surface area contributed by atoms with Gasteiger partial charge in [0.05, 0.1) is 34.4 Å². The molecule has 0 radical (unpaired) electrons. The van der Waals surface area contributed by atoms with Crippen LogP contribution in [-0.4, -0.2) is 48.5 Å². The van der Waals surface area contributed by atoms with E-state index in [-0.39, 0.29) is 59.4 Å². The van der Waals surface area contributed by atoms with E-state index in [1.807, 2.05) is 0 Å². The van der Waals surface area contributed by atoms with E-state index in [2.05, 4.69) is 25.1 Å². The summed E-state index contributed by atoms with van der Waals surface area (Å²) in [5.41, 5.74) is -3.45. The number of halogens is 4. The standard InChI is InChI=1S/C18H16F3N7O4S.ClH/c19-18(20,21)11-7-12-14(8-13(11)27-5-3-22-10-27)28(16(30)15(29)25-12)4-1-2-6-33(31,32)17-23-9-24-26-17;/h3,5,7-10H,1-2,4,6H2,(H,25,29)(H,23,24,26);1H. The highest BCUT2D eigenvalue weighted by Crippen LogP contribution is 2.35. The highest BCUT2D eigenvalue weighted by Gasteiger charge is 2.35. The fourth-order valence-corrected chi connectivity index (χ4v) is 4.55. The maximum absolute atomic E-state index is 13.7. The van der Waals surface area contributed by atoms with Gasteiger partial charge in [0.2, 0.25) is 15.0 Å². The first-order valence-corrected chi connectivity index (χ1v) is 11.2. The Hall–Kier alpha value is -3.46. The molecule has 0 aliphatic carbocycles. The molecule has 0 atom stereocenters. The molecule has 0 fully saturated rings. The highest BCUT2D eigenvalue weighted by atomic mass is 35.5. The number of aromatic amines is 2. The average Bonchev–Trinajstić information content (AvgIpc) is 3.46.